The number of nitrogens with one attached hydrogen (secondary N) is 1. The van der Waals surface area contributed by atoms with Crippen LogP contribution in [0.25, 0.3) is 0 Å². The van der Waals surface area contributed by atoms with Crippen molar-refractivity contribution >= 4 is 29.1 Å². The monoisotopic (exact) mass is 300 g/mol. The van der Waals surface area contributed by atoms with Crippen LogP contribution in [0.3, 0.4) is 0 Å². The Morgan fingerprint density at radius 3 is 2.65 bits per heavy atom. The van der Waals surface area contributed by atoms with Crippen molar-refractivity contribution in [3.8, 4) is 6.07 Å². The lowest BCUT2D eigenvalue weighted by atomic mass is 9.87. The Balaban J connectivity index is 2.01. The van der Waals surface area contributed by atoms with E-state index < -0.39 is 5.54 Å². The molecule has 20 heavy (non-hydrogen) atoms. The molecule has 100 valence electrons. The number of nitriles is 1. The molecular formula is C16H13ClN2S. The summed E-state index contributed by atoms with van der Waals surface area (Å²) in [4.78, 5) is 1.18. The average molecular weight is 301 g/mol. The first-order valence-corrected chi connectivity index (χ1v) is 7.77. The van der Waals surface area contributed by atoms with Gasteiger partial charge in [-0.05, 0) is 36.8 Å². The Labute approximate surface area is 127 Å². The van der Waals surface area contributed by atoms with E-state index >= 15 is 0 Å². The molecule has 2 nitrogen and oxygen atoms in total. The van der Waals surface area contributed by atoms with Crippen LogP contribution in [0.15, 0.2) is 53.4 Å². The standard InChI is InChI=1S/C16H13ClN2S/c17-12-5-7-13(8-6-12)19-16(11-18)9-10-20-15-4-2-1-3-14(15)16/h1-8,19H,9-10H2. The third-order valence-corrected chi connectivity index (χ3v) is 4.80. The summed E-state index contributed by atoms with van der Waals surface area (Å²) < 4.78 is 0. The molecule has 0 spiro atoms. The highest BCUT2D eigenvalue weighted by Gasteiger charge is 2.37. The number of hydrogen-bond donors (Lipinski definition) is 1. The first-order chi connectivity index (χ1) is 9.73. The number of halogens is 1. The molecule has 0 saturated heterocycles. The van der Waals surface area contributed by atoms with E-state index in [0.717, 1.165) is 23.4 Å². The molecule has 0 radical (unpaired) electrons. The van der Waals surface area contributed by atoms with Crippen molar-refractivity contribution in [3.63, 3.8) is 0 Å². The zero-order valence-electron chi connectivity index (χ0n) is 10.8. The molecule has 2 aromatic rings. The van der Waals surface area contributed by atoms with Crippen LogP contribution in [0.2, 0.25) is 5.02 Å². The fourth-order valence-electron chi connectivity index (χ4n) is 2.45. The Kier molecular flexibility index (Phi) is 3.60. The third-order valence-electron chi connectivity index (χ3n) is 3.47. The molecular weight excluding hydrogens is 288 g/mol. The lowest BCUT2D eigenvalue weighted by Crippen LogP contribution is -2.37. The molecule has 1 N–H and O–H groups in total. The highest BCUT2D eigenvalue weighted by atomic mass is 35.5. The van der Waals surface area contributed by atoms with Crippen LogP contribution < -0.4 is 5.32 Å². The average Bonchev–Trinajstić information content (AvgIpc) is 2.50. The molecule has 1 unspecified atom stereocenters. The predicted octanol–water partition coefficient (Wildman–Crippen LogP) is 4.67. The van der Waals surface area contributed by atoms with Gasteiger partial charge in [-0.3, -0.25) is 0 Å². The van der Waals surface area contributed by atoms with Gasteiger partial charge in [0.25, 0.3) is 0 Å². The Morgan fingerprint density at radius 1 is 1.15 bits per heavy atom. The van der Waals surface area contributed by atoms with Crippen molar-refractivity contribution < 1.29 is 0 Å². The van der Waals surface area contributed by atoms with E-state index in [0.29, 0.717) is 5.02 Å². The zero-order chi connectivity index (χ0) is 14.0. The second-order valence-corrected chi connectivity index (χ2v) is 6.32. The van der Waals surface area contributed by atoms with Crippen molar-refractivity contribution in [2.75, 3.05) is 11.1 Å². The van der Waals surface area contributed by atoms with Gasteiger partial charge < -0.3 is 5.32 Å². The van der Waals surface area contributed by atoms with Crippen LogP contribution in [-0.2, 0) is 5.54 Å². The smallest absolute Gasteiger partial charge is 0.152 e. The molecule has 0 saturated carbocycles. The van der Waals surface area contributed by atoms with E-state index in [1.807, 2.05) is 54.2 Å². The van der Waals surface area contributed by atoms with Crippen molar-refractivity contribution in [1.29, 1.82) is 5.26 Å². The van der Waals surface area contributed by atoms with Crippen LogP contribution in [0.4, 0.5) is 5.69 Å². The Bertz CT molecular complexity index is 663. The molecule has 3 rings (SSSR count). The number of fused-ring (bicyclic) bond motifs is 1. The topological polar surface area (TPSA) is 35.8 Å². The lowest BCUT2D eigenvalue weighted by Gasteiger charge is -2.34. The molecule has 0 amide bonds. The summed E-state index contributed by atoms with van der Waals surface area (Å²) in [6.45, 7) is 0. The molecule has 0 fully saturated rings. The summed E-state index contributed by atoms with van der Waals surface area (Å²) in [6.07, 6.45) is 0.786. The fourth-order valence-corrected chi connectivity index (χ4v) is 3.77. The van der Waals surface area contributed by atoms with Crippen LogP contribution in [0, 0.1) is 11.3 Å². The summed E-state index contributed by atoms with van der Waals surface area (Å²) in [7, 11) is 0. The minimum Gasteiger partial charge on any atom is -0.364 e. The molecule has 1 aliphatic rings. The first kappa shape index (κ1) is 13.4. The molecule has 0 aromatic heterocycles. The normalized spacial score (nSPS) is 20.8. The van der Waals surface area contributed by atoms with Crippen LogP contribution in [0.1, 0.15) is 12.0 Å². The molecule has 1 aliphatic heterocycles. The van der Waals surface area contributed by atoms with Gasteiger partial charge in [0.2, 0.25) is 0 Å². The molecule has 2 aromatic carbocycles. The molecule has 1 atom stereocenters. The number of thioether (sulfide) groups is 1. The lowest BCUT2D eigenvalue weighted by molar-refractivity contribution is 0.589. The highest BCUT2D eigenvalue weighted by Crippen LogP contribution is 2.41. The van der Waals surface area contributed by atoms with E-state index in [1.54, 1.807) is 0 Å². The van der Waals surface area contributed by atoms with Gasteiger partial charge in [-0.2, -0.15) is 5.26 Å². The van der Waals surface area contributed by atoms with E-state index in [-0.39, 0.29) is 0 Å². The highest BCUT2D eigenvalue weighted by molar-refractivity contribution is 7.99. The Morgan fingerprint density at radius 2 is 1.90 bits per heavy atom. The van der Waals surface area contributed by atoms with Gasteiger partial charge in [-0.25, -0.2) is 0 Å². The van der Waals surface area contributed by atoms with Crippen molar-refractivity contribution in [2.24, 2.45) is 0 Å². The summed E-state index contributed by atoms with van der Waals surface area (Å²) in [6, 6.07) is 18.1. The maximum Gasteiger partial charge on any atom is 0.152 e. The second-order valence-electron chi connectivity index (χ2n) is 4.74. The zero-order valence-corrected chi connectivity index (χ0v) is 12.3. The van der Waals surface area contributed by atoms with E-state index in [2.05, 4.69) is 17.5 Å². The maximum absolute atomic E-state index is 9.76. The van der Waals surface area contributed by atoms with Gasteiger partial charge >= 0.3 is 0 Å². The predicted molar refractivity (Wildman–Crippen MR) is 84.1 cm³/mol. The summed E-state index contributed by atoms with van der Waals surface area (Å²) >= 11 is 7.72. The SMILES string of the molecule is N#CC1(Nc2ccc(Cl)cc2)CCSc2ccccc21. The van der Waals surface area contributed by atoms with Crippen LogP contribution in [0.5, 0.6) is 0 Å². The van der Waals surface area contributed by atoms with Crippen molar-refractivity contribution in [2.45, 2.75) is 16.9 Å². The van der Waals surface area contributed by atoms with E-state index in [4.69, 9.17) is 11.6 Å². The van der Waals surface area contributed by atoms with Gasteiger partial charge in [-0.1, -0.05) is 29.8 Å². The van der Waals surface area contributed by atoms with Gasteiger partial charge in [0.1, 0.15) is 0 Å². The largest absolute Gasteiger partial charge is 0.364 e. The quantitative estimate of drug-likeness (QED) is 0.875. The van der Waals surface area contributed by atoms with Crippen LogP contribution >= 0.6 is 23.4 Å². The minimum absolute atomic E-state index is 0.657. The van der Waals surface area contributed by atoms with E-state index in [9.17, 15) is 5.26 Å². The maximum atomic E-state index is 9.76. The number of rotatable bonds is 2. The van der Waals surface area contributed by atoms with Gasteiger partial charge in [0, 0.05) is 26.9 Å². The number of nitrogens with zero attached hydrogens (tertiary/aromatic N) is 1. The molecule has 1 heterocycles. The first-order valence-electron chi connectivity index (χ1n) is 6.41. The van der Waals surface area contributed by atoms with Crippen molar-refractivity contribution in [3.05, 3.63) is 59.1 Å². The minimum atomic E-state index is -0.657. The summed E-state index contributed by atoms with van der Waals surface area (Å²) in [5.41, 5.74) is 1.32. The fraction of sp³-hybridized carbons (Fsp3) is 0.188. The summed E-state index contributed by atoms with van der Waals surface area (Å²) in [5, 5.41) is 13.8. The number of benzene rings is 2. The van der Waals surface area contributed by atoms with Gasteiger partial charge in [0.15, 0.2) is 5.54 Å². The van der Waals surface area contributed by atoms with Crippen molar-refractivity contribution in [1.82, 2.24) is 0 Å². The molecule has 0 aliphatic carbocycles. The number of anilines is 1. The third kappa shape index (κ3) is 2.37. The summed E-state index contributed by atoms with van der Waals surface area (Å²) in [5.74, 6) is 0.936. The Hall–Kier alpha value is -1.63. The van der Waals surface area contributed by atoms with Gasteiger partial charge in [-0.15, -0.1) is 11.8 Å². The molecule has 4 heteroatoms. The molecule has 0 bridgehead atoms. The van der Waals surface area contributed by atoms with Crippen LogP contribution in [-0.4, -0.2) is 5.75 Å². The van der Waals surface area contributed by atoms with E-state index in [1.165, 1.54) is 4.90 Å². The van der Waals surface area contributed by atoms with Gasteiger partial charge in [0.05, 0.1) is 6.07 Å². The number of hydrogen-bond acceptors (Lipinski definition) is 3. The second kappa shape index (κ2) is 5.40.